The Morgan fingerprint density at radius 3 is 2.35 bits per heavy atom. The summed E-state index contributed by atoms with van der Waals surface area (Å²) in [5.74, 6) is -0.654. The summed E-state index contributed by atoms with van der Waals surface area (Å²) < 4.78 is 26.3. The summed E-state index contributed by atoms with van der Waals surface area (Å²) in [6.07, 6.45) is 1.29. The Morgan fingerprint density at radius 2 is 1.77 bits per heavy atom. The topological polar surface area (TPSA) is 131 Å². The van der Waals surface area contributed by atoms with Gasteiger partial charge in [-0.2, -0.15) is 5.10 Å². The van der Waals surface area contributed by atoms with Gasteiger partial charge in [0.05, 0.1) is 22.6 Å². The zero-order valence-corrected chi connectivity index (χ0v) is 14.6. The van der Waals surface area contributed by atoms with Gasteiger partial charge < -0.3 is 0 Å². The summed E-state index contributed by atoms with van der Waals surface area (Å²) in [6, 6.07) is 11.7. The SMILES string of the molecule is Cc1ccc(S(=O)(=O)NCC(=O)N/N=C/c2ccc([N+](=O)[O-])cc2)cc1. The summed E-state index contributed by atoms with van der Waals surface area (Å²) in [6.45, 7) is 1.36. The zero-order chi connectivity index (χ0) is 19.2. The number of carbonyl (C=O) groups is 1. The lowest BCUT2D eigenvalue weighted by molar-refractivity contribution is -0.384. The molecule has 0 radical (unpaired) electrons. The number of aryl methyl sites for hydroxylation is 1. The van der Waals surface area contributed by atoms with Crippen molar-refractivity contribution in [2.45, 2.75) is 11.8 Å². The number of nitrogens with zero attached hydrogens (tertiary/aromatic N) is 2. The monoisotopic (exact) mass is 376 g/mol. The Bertz CT molecular complexity index is 922. The summed E-state index contributed by atoms with van der Waals surface area (Å²) >= 11 is 0. The standard InChI is InChI=1S/C16H16N4O5S/c1-12-2-8-15(9-3-12)26(24,25)18-11-16(21)19-17-10-13-4-6-14(7-5-13)20(22)23/h2-10,18H,11H2,1H3,(H,19,21)/b17-10+. The fourth-order valence-electron chi connectivity index (χ4n) is 1.86. The second-order valence-electron chi connectivity index (χ2n) is 5.28. The summed E-state index contributed by atoms with van der Waals surface area (Å²) in [5.41, 5.74) is 3.57. The normalized spacial score (nSPS) is 11.4. The lowest BCUT2D eigenvalue weighted by Crippen LogP contribution is -2.34. The number of rotatable bonds is 7. The average Bonchev–Trinajstić information content (AvgIpc) is 2.61. The molecule has 9 nitrogen and oxygen atoms in total. The van der Waals surface area contributed by atoms with Crippen molar-refractivity contribution in [3.63, 3.8) is 0 Å². The maximum Gasteiger partial charge on any atom is 0.269 e. The molecule has 2 aromatic carbocycles. The number of nitro groups is 1. The number of amides is 1. The molecule has 0 aliphatic rings. The first kappa shape index (κ1) is 19.2. The second-order valence-corrected chi connectivity index (χ2v) is 7.05. The molecule has 26 heavy (non-hydrogen) atoms. The Hall–Kier alpha value is -3.11. The molecule has 0 aliphatic heterocycles. The molecule has 136 valence electrons. The van der Waals surface area contributed by atoms with E-state index >= 15 is 0 Å². The van der Waals surface area contributed by atoms with Crippen LogP contribution < -0.4 is 10.1 Å². The van der Waals surface area contributed by atoms with Gasteiger partial charge in [-0.15, -0.1) is 0 Å². The largest absolute Gasteiger partial charge is 0.272 e. The number of nitro benzene ring substituents is 1. The van der Waals surface area contributed by atoms with Crippen molar-refractivity contribution in [2.24, 2.45) is 5.10 Å². The molecular weight excluding hydrogens is 360 g/mol. The molecule has 0 aliphatic carbocycles. The maximum atomic E-state index is 12.0. The number of hydrogen-bond acceptors (Lipinski definition) is 6. The summed E-state index contributed by atoms with van der Waals surface area (Å²) in [5, 5.41) is 14.2. The number of carbonyl (C=O) groups excluding carboxylic acids is 1. The van der Waals surface area contributed by atoms with Crippen LogP contribution >= 0.6 is 0 Å². The molecule has 0 heterocycles. The Labute approximate surface area is 149 Å². The van der Waals surface area contributed by atoms with E-state index in [9.17, 15) is 23.3 Å². The number of hydrogen-bond donors (Lipinski definition) is 2. The van der Waals surface area contributed by atoms with Gasteiger partial charge >= 0.3 is 0 Å². The van der Waals surface area contributed by atoms with Gasteiger partial charge in [-0.3, -0.25) is 14.9 Å². The van der Waals surface area contributed by atoms with Crippen molar-refractivity contribution in [1.29, 1.82) is 0 Å². The third-order valence-corrected chi connectivity index (χ3v) is 4.68. The van der Waals surface area contributed by atoms with E-state index in [1.165, 1.54) is 42.6 Å². The minimum absolute atomic E-state index is 0.0586. The fraction of sp³-hybridized carbons (Fsp3) is 0.125. The number of benzene rings is 2. The molecule has 0 bridgehead atoms. The van der Waals surface area contributed by atoms with Crippen molar-refractivity contribution >= 4 is 27.8 Å². The Morgan fingerprint density at radius 1 is 1.15 bits per heavy atom. The quantitative estimate of drug-likeness (QED) is 0.428. The van der Waals surface area contributed by atoms with Crippen LogP contribution in [0.25, 0.3) is 0 Å². The zero-order valence-electron chi connectivity index (χ0n) is 13.7. The smallest absolute Gasteiger partial charge is 0.269 e. The van der Waals surface area contributed by atoms with E-state index in [0.717, 1.165) is 5.56 Å². The molecule has 1 amide bonds. The predicted octanol–water partition coefficient (Wildman–Crippen LogP) is 1.33. The van der Waals surface area contributed by atoms with E-state index in [2.05, 4.69) is 15.2 Å². The molecule has 0 saturated heterocycles. The van der Waals surface area contributed by atoms with Crippen LogP contribution in [0.1, 0.15) is 11.1 Å². The molecule has 2 rings (SSSR count). The highest BCUT2D eigenvalue weighted by atomic mass is 32.2. The van der Waals surface area contributed by atoms with Crippen LogP contribution in [0.15, 0.2) is 58.5 Å². The van der Waals surface area contributed by atoms with Crippen LogP contribution in [0.4, 0.5) is 5.69 Å². The average molecular weight is 376 g/mol. The van der Waals surface area contributed by atoms with Crippen LogP contribution in [-0.4, -0.2) is 32.0 Å². The van der Waals surface area contributed by atoms with E-state index in [-0.39, 0.29) is 10.6 Å². The maximum absolute atomic E-state index is 12.0. The third-order valence-electron chi connectivity index (χ3n) is 3.26. The molecule has 2 N–H and O–H groups in total. The van der Waals surface area contributed by atoms with E-state index in [0.29, 0.717) is 5.56 Å². The van der Waals surface area contributed by atoms with Crippen LogP contribution in [-0.2, 0) is 14.8 Å². The fourth-order valence-corrected chi connectivity index (χ4v) is 2.84. The highest BCUT2D eigenvalue weighted by Crippen LogP contribution is 2.10. The van der Waals surface area contributed by atoms with Gasteiger partial charge in [-0.05, 0) is 36.8 Å². The van der Waals surface area contributed by atoms with Crippen molar-refractivity contribution in [2.75, 3.05) is 6.54 Å². The predicted molar refractivity (Wildman–Crippen MR) is 95.2 cm³/mol. The first-order chi connectivity index (χ1) is 12.3. The third kappa shape index (κ3) is 5.46. The van der Waals surface area contributed by atoms with Gasteiger partial charge in [0.2, 0.25) is 10.0 Å². The summed E-state index contributed by atoms with van der Waals surface area (Å²) in [4.78, 5) is 21.7. The Balaban J connectivity index is 1.86. The molecule has 2 aromatic rings. The summed E-state index contributed by atoms with van der Waals surface area (Å²) in [7, 11) is -3.79. The van der Waals surface area contributed by atoms with Gasteiger partial charge in [0.15, 0.2) is 0 Å². The minimum Gasteiger partial charge on any atom is -0.272 e. The minimum atomic E-state index is -3.79. The van der Waals surface area contributed by atoms with Gasteiger partial charge in [-0.1, -0.05) is 17.7 Å². The van der Waals surface area contributed by atoms with Crippen molar-refractivity contribution in [3.8, 4) is 0 Å². The highest BCUT2D eigenvalue weighted by molar-refractivity contribution is 7.89. The van der Waals surface area contributed by atoms with Gasteiger partial charge in [-0.25, -0.2) is 18.6 Å². The molecule has 0 spiro atoms. The molecule has 10 heteroatoms. The number of hydrazone groups is 1. The number of sulfonamides is 1. The lowest BCUT2D eigenvalue weighted by Gasteiger charge is -2.06. The van der Waals surface area contributed by atoms with Crippen LogP contribution in [0.2, 0.25) is 0 Å². The van der Waals surface area contributed by atoms with E-state index in [1.54, 1.807) is 12.1 Å². The second kappa shape index (κ2) is 8.32. The molecule has 0 atom stereocenters. The van der Waals surface area contributed by atoms with Crippen LogP contribution in [0.3, 0.4) is 0 Å². The van der Waals surface area contributed by atoms with Crippen molar-refractivity contribution < 1.29 is 18.1 Å². The molecule has 0 saturated carbocycles. The Kier molecular flexibility index (Phi) is 6.15. The molecule has 0 unspecified atom stereocenters. The molecule has 0 fully saturated rings. The van der Waals surface area contributed by atoms with Gasteiger partial charge in [0, 0.05) is 12.1 Å². The molecular formula is C16H16N4O5S. The number of non-ortho nitro benzene ring substituents is 1. The first-order valence-corrected chi connectivity index (χ1v) is 8.89. The lowest BCUT2D eigenvalue weighted by atomic mass is 10.2. The van der Waals surface area contributed by atoms with Crippen LogP contribution in [0.5, 0.6) is 0 Å². The van der Waals surface area contributed by atoms with Gasteiger partial charge in [0.1, 0.15) is 0 Å². The number of nitrogens with one attached hydrogen (secondary N) is 2. The van der Waals surface area contributed by atoms with E-state index in [1.807, 2.05) is 6.92 Å². The van der Waals surface area contributed by atoms with E-state index < -0.39 is 27.4 Å². The highest BCUT2D eigenvalue weighted by Gasteiger charge is 2.14. The first-order valence-electron chi connectivity index (χ1n) is 7.40. The van der Waals surface area contributed by atoms with Crippen molar-refractivity contribution in [1.82, 2.24) is 10.1 Å². The molecule has 0 aromatic heterocycles. The van der Waals surface area contributed by atoms with Crippen molar-refractivity contribution in [3.05, 3.63) is 69.8 Å². The van der Waals surface area contributed by atoms with Gasteiger partial charge in [0.25, 0.3) is 11.6 Å². The van der Waals surface area contributed by atoms with Crippen LogP contribution in [0, 0.1) is 17.0 Å². The van der Waals surface area contributed by atoms with E-state index in [4.69, 9.17) is 0 Å².